The SMILES string of the molecule is O=S(=O)(c1ccc(Cl)cc1)C1CCN(S(=O)(=O)CCc2ccccc2)C1. The van der Waals surface area contributed by atoms with E-state index < -0.39 is 25.1 Å². The van der Waals surface area contributed by atoms with Crippen LogP contribution in [0.15, 0.2) is 59.5 Å². The maximum absolute atomic E-state index is 12.7. The van der Waals surface area contributed by atoms with Gasteiger partial charge in [-0.05, 0) is 42.7 Å². The van der Waals surface area contributed by atoms with E-state index in [1.54, 1.807) is 0 Å². The molecular weight excluding hydrogens is 394 g/mol. The molecule has 8 heteroatoms. The van der Waals surface area contributed by atoms with Crippen LogP contribution in [-0.2, 0) is 26.3 Å². The van der Waals surface area contributed by atoms with Crippen molar-refractivity contribution in [2.24, 2.45) is 0 Å². The van der Waals surface area contributed by atoms with Crippen molar-refractivity contribution < 1.29 is 16.8 Å². The molecule has 0 amide bonds. The molecule has 0 bridgehead atoms. The average molecular weight is 414 g/mol. The van der Waals surface area contributed by atoms with Crippen LogP contribution in [0.1, 0.15) is 12.0 Å². The van der Waals surface area contributed by atoms with Gasteiger partial charge >= 0.3 is 0 Å². The normalized spacial score (nSPS) is 18.9. The second kappa shape index (κ2) is 7.68. The van der Waals surface area contributed by atoms with Crippen molar-refractivity contribution in [1.82, 2.24) is 4.31 Å². The van der Waals surface area contributed by atoms with Gasteiger partial charge in [-0.25, -0.2) is 21.1 Å². The number of hydrogen-bond donors (Lipinski definition) is 0. The lowest BCUT2D eigenvalue weighted by Gasteiger charge is -2.17. The highest BCUT2D eigenvalue weighted by atomic mass is 35.5. The maximum atomic E-state index is 12.7. The summed E-state index contributed by atoms with van der Waals surface area (Å²) in [4.78, 5) is 0.176. The third-order valence-corrected chi connectivity index (χ3v) is 8.86. The number of benzene rings is 2. The van der Waals surface area contributed by atoms with E-state index in [4.69, 9.17) is 11.6 Å². The summed E-state index contributed by atoms with van der Waals surface area (Å²) in [5.74, 6) is -0.0231. The minimum absolute atomic E-state index is 0.00207. The van der Waals surface area contributed by atoms with Crippen LogP contribution in [0.4, 0.5) is 0 Å². The number of halogens is 1. The maximum Gasteiger partial charge on any atom is 0.214 e. The summed E-state index contributed by atoms with van der Waals surface area (Å²) in [5.41, 5.74) is 0.945. The monoisotopic (exact) mass is 413 g/mol. The van der Waals surface area contributed by atoms with E-state index in [-0.39, 0.29) is 23.7 Å². The number of aryl methyl sites for hydroxylation is 1. The van der Waals surface area contributed by atoms with Crippen LogP contribution in [0.3, 0.4) is 0 Å². The first-order valence-electron chi connectivity index (χ1n) is 8.30. The third-order valence-electron chi connectivity index (χ3n) is 4.57. The molecule has 0 radical (unpaired) electrons. The molecule has 0 aromatic heterocycles. The lowest BCUT2D eigenvalue weighted by atomic mass is 10.2. The van der Waals surface area contributed by atoms with Gasteiger partial charge in [-0.15, -0.1) is 0 Å². The molecule has 1 atom stereocenters. The van der Waals surface area contributed by atoms with Gasteiger partial charge in [0.25, 0.3) is 0 Å². The Morgan fingerprint density at radius 2 is 1.62 bits per heavy atom. The van der Waals surface area contributed by atoms with Crippen LogP contribution in [0, 0.1) is 0 Å². The topological polar surface area (TPSA) is 71.5 Å². The van der Waals surface area contributed by atoms with Crippen molar-refractivity contribution in [3.63, 3.8) is 0 Å². The van der Waals surface area contributed by atoms with Crippen molar-refractivity contribution in [2.75, 3.05) is 18.8 Å². The number of rotatable bonds is 6. The highest BCUT2D eigenvalue weighted by molar-refractivity contribution is 7.92. The Morgan fingerprint density at radius 3 is 2.27 bits per heavy atom. The van der Waals surface area contributed by atoms with Crippen LogP contribution in [0.25, 0.3) is 0 Å². The molecule has 3 rings (SSSR count). The largest absolute Gasteiger partial charge is 0.223 e. The summed E-state index contributed by atoms with van der Waals surface area (Å²) in [6.07, 6.45) is 0.712. The smallest absolute Gasteiger partial charge is 0.214 e. The first kappa shape index (κ1) is 19.4. The molecule has 1 aliphatic heterocycles. The zero-order valence-corrected chi connectivity index (χ0v) is 16.5. The highest BCUT2D eigenvalue weighted by Gasteiger charge is 2.38. The Morgan fingerprint density at radius 1 is 0.962 bits per heavy atom. The molecular formula is C18H20ClNO4S2. The van der Waals surface area contributed by atoms with E-state index in [0.717, 1.165) is 5.56 Å². The molecule has 0 N–H and O–H groups in total. The van der Waals surface area contributed by atoms with Gasteiger partial charge in [0.2, 0.25) is 10.0 Å². The zero-order chi connectivity index (χ0) is 18.8. The Bertz CT molecular complexity index is 958. The van der Waals surface area contributed by atoms with Crippen LogP contribution in [0.5, 0.6) is 0 Å². The fourth-order valence-corrected chi connectivity index (χ4v) is 6.50. The van der Waals surface area contributed by atoms with Crippen molar-refractivity contribution in [3.05, 3.63) is 65.2 Å². The van der Waals surface area contributed by atoms with Crippen LogP contribution < -0.4 is 0 Å². The van der Waals surface area contributed by atoms with Gasteiger partial charge in [0.05, 0.1) is 15.9 Å². The van der Waals surface area contributed by atoms with E-state index in [0.29, 0.717) is 17.9 Å². The molecule has 2 aromatic rings. The average Bonchev–Trinajstić information content (AvgIpc) is 3.13. The number of hydrogen-bond acceptors (Lipinski definition) is 4. The standard InChI is InChI=1S/C18H20ClNO4S2/c19-16-6-8-17(9-7-16)26(23,24)18-10-12-20(14-18)25(21,22)13-11-15-4-2-1-3-5-15/h1-9,18H,10-14H2. The molecule has 1 fully saturated rings. The second-order valence-electron chi connectivity index (χ2n) is 6.32. The molecule has 0 saturated carbocycles. The van der Waals surface area contributed by atoms with E-state index in [9.17, 15) is 16.8 Å². The van der Waals surface area contributed by atoms with Gasteiger partial charge in [-0.1, -0.05) is 41.9 Å². The zero-order valence-electron chi connectivity index (χ0n) is 14.1. The molecule has 1 aliphatic rings. The predicted molar refractivity (Wildman–Crippen MR) is 103 cm³/mol. The molecule has 1 heterocycles. The van der Waals surface area contributed by atoms with Gasteiger partial charge < -0.3 is 0 Å². The van der Waals surface area contributed by atoms with Crippen LogP contribution in [-0.4, -0.2) is 45.2 Å². The molecule has 0 aliphatic carbocycles. The Labute approximate surface area is 159 Å². The lowest BCUT2D eigenvalue weighted by Crippen LogP contribution is -2.34. The minimum Gasteiger partial charge on any atom is -0.223 e. The van der Waals surface area contributed by atoms with Gasteiger partial charge in [0, 0.05) is 18.1 Å². The molecule has 1 saturated heterocycles. The van der Waals surface area contributed by atoms with E-state index in [2.05, 4.69) is 0 Å². The Hall–Kier alpha value is -1.41. The summed E-state index contributed by atoms with van der Waals surface area (Å²) in [7, 11) is -7.07. The van der Waals surface area contributed by atoms with Crippen LogP contribution >= 0.6 is 11.6 Å². The fourth-order valence-electron chi connectivity index (χ4n) is 3.04. The summed E-state index contributed by atoms with van der Waals surface area (Å²) in [6, 6.07) is 15.4. The molecule has 140 valence electrons. The summed E-state index contributed by atoms with van der Waals surface area (Å²) < 4.78 is 51.9. The molecule has 0 spiro atoms. The molecule has 5 nitrogen and oxygen atoms in total. The van der Waals surface area contributed by atoms with Crippen molar-refractivity contribution in [2.45, 2.75) is 23.0 Å². The molecule has 26 heavy (non-hydrogen) atoms. The predicted octanol–water partition coefficient (Wildman–Crippen LogP) is 2.76. The number of sulfonamides is 1. The lowest BCUT2D eigenvalue weighted by molar-refractivity contribution is 0.476. The Balaban J connectivity index is 1.68. The van der Waals surface area contributed by atoms with Crippen molar-refractivity contribution >= 4 is 31.5 Å². The second-order valence-corrected chi connectivity index (χ2v) is 11.1. The first-order valence-corrected chi connectivity index (χ1v) is 11.8. The van der Waals surface area contributed by atoms with E-state index >= 15 is 0 Å². The van der Waals surface area contributed by atoms with Crippen LogP contribution in [0.2, 0.25) is 5.02 Å². The third kappa shape index (κ3) is 4.28. The van der Waals surface area contributed by atoms with Gasteiger partial charge in [-0.2, -0.15) is 0 Å². The fraction of sp³-hybridized carbons (Fsp3) is 0.333. The van der Waals surface area contributed by atoms with Crippen molar-refractivity contribution in [3.8, 4) is 0 Å². The summed E-state index contributed by atoms with van der Waals surface area (Å²) in [6.45, 7) is 0.233. The summed E-state index contributed by atoms with van der Waals surface area (Å²) in [5, 5.41) is -0.268. The van der Waals surface area contributed by atoms with Gasteiger partial charge in [0.15, 0.2) is 9.84 Å². The van der Waals surface area contributed by atoms with Crippen molar-refractivity contribution in [1.29, 1.82) is 0 Å². The number of nitrogens with zero attached hydrogens (tertiary/aromatic N) is 1. The summed E-state index contributed by atoms with van der Waals surface area (Å²) >= 11 is 5.81. The molecule has 1 unspecified atom stereocenters. The van der Waals surface area contributed by atoms with E-state index in [1.807, 2.05) is 30.3 Å². The van der Waals surface area contributed by atoms with E-state index in [1.165, 1.54) is 28.6 Å². The van der Waals surface area contributed by atoms with Gasteiger partial charge in [-0.3, -0.25) is 0 Å². The van der Waals surface area contributed by atoms with Gasteiger partial charge in [0.1, 0.15) is 0 Å². The number of sulfone groups is 1. The first-order chi connectivity index (χ1) is 12.3. The Kier molecular flexibility index (Phi) is 5.72. The molecule has 2 aromatic carbocycles. The quantitative estimate of drug-likeness (QED) is 0.730. The minimum atomic E-state index is -3.58. The highest BCUT2D eigenvalue weighted by Crippen LogP contribution is 2.26.